The van der Waals surface area contributed by atoms with Crippen LogP contribution in [0.2, 0.25) is 0 Å². The van der Waals surface area contributed by atoms with Gasteiger partial charge in [0.15, 0.2) is 5.89 Å². The van der Waals surface area contributed by atoms with E-state index in [9.17, 15) is 9.59 Å². The van der Waals surface area contributed by atoms with Gasteiger partial charge in [0.2, 0.25) is 5.91 Å². The minimum absolute atomic E-state index is 0.143. The third-order valence-electron chi connectivity index (χ3n) is 2.80. The molecule has 0 bridgehead atoms. The summed E-state index contributed by atoms with van der Waals surface area (Å²) in [6.07, 6.45) is 2.21. The Kier molecular flexibility index (Phi) is 4.71. The molecule has 6 heteroatoms. The van der Waals surface area contributed by atoms with Crippen molar-refractivity contribution in [1.82, 2.24) is 10.3 Å². The lowest BCUT2D eigenvalue weighted by atomic mass is 10.2. The normalized spacial score (nSPS) is 10.2. The lowest BCUT2D eigenvalue weighted by Crippen LogP contribution is -2.25. The number of oxazole rings is 1. The molecule has 0 spiro atoms. The maximum absolute atomic E-state index is 11.9. The van der Waals surface area contributed by atoms with Gasteiger partial charge >= 0.3 is 0 Å². The fourth-order valence-corrected chi connectivity index (χ4v) is 1.84. The summed E-state index contributed by atoms with van der Waals surface area (Å²) < 4.78 is 5.09. The second kappa shape index (κ2) is 6.69. The third-order valence-corrected chi connectivity index (χ3v) is 2.80. The molecule has 0 atom stereocenters. The van der Waals surface area contributed by atoms with Gasteiger partial charge in [-0.2, -0.15) is 0 Å². The number of aryl methyl sites for hydroxylation is 1. The van der Waals surface area contributed by atoms with Crippen molar-refractivity contribution in [3.63, 3.8) is 0 Å². The number of carbonyl (C=O) groups excluding carboxylic acids is 2. The zero-order valence-electron chi connectivity index (χ0n) is 12.0. The fraction of sp³-hybridized carbons (Fsp3) is 0.267. The van der Waals surface area contributed by atoms with E-state index < -0.39 is 0 Å². The summed E-state index contributed by atoms with van der Waals surface area (Å²) in [7, 11) is 0. The number of anilines is 1. The van der Waals surface area contributed by atoms with E-state index in [0.717, 1.165) is 5.69 Å². The molecule has 0 aliphatic heterocycles. The molecule has 0 unspecified atom stereocenters. The van der Waals surface area contributed by atoms with Crippen LogP contribution >= 0.6 is 0 Å². The minimum Gasteiger partial charge on any atom is -0.449 e. The Morgan fingerprint density at radius 2 is 1.95 bits per heavy atom. The lowest BCUT2D eigenvalue weighted by molar-refractivity contribution is -0.114. The number of rotatable bonds is 5. The number of aromatic nitrogens is 1. The summed E-state index contributed by atoms with van der Waals surface area (Å²) >= 11 is 0. The van der Waals surface area contributed by atoms with Crippen LogP contribution < -0.4 is 10.6 Å². The number of carbonyl (C=O) groups is 2. The molecule has 110 valence electrons. The highest BCUT2D eigenvalue weighted by molar-refractivity contribution is 5.95. The Balaban J connectivity index is 1.84. The van der Waals surface area contributed by atoms with Crippen molar-refractivity contribution in [2.24, 2.45) is 0 Å². The van der Waals surface area contributed by atoms with Gasteiger partial charge in [0, 0.05) is 38.1 Å². The van der Waals surface area contributed by atoms with Crippen LogP contribution in [0.1, 0.15) is 28.9 Å². The maximum Gasteiger partial charge on any atom is 0.251 e. The summed E-state index contributed by atoms with van der Waals surface area (Å²) in [5.41, 5.74) is 2.02. The van der Waals surface area contributed by atoms with Gasteiger partial charge in [0.05, 0.1) is 5.69 Å². The van der Waals surface area contributed by atoms with Gasteiger partial charge in [-0.25, -0.2) is 4.98 Å². The highest BCUT2D eigenvalue weighted by Crippen LogP contribution is 2.09. The first kappa shape index (κ1) is 14.8. The van der Waals surface area contributed by atoms with E-state index in [1.54, 1.807) is 37.5 Å². The van der Waals surface area contributed by atoms with Crippen LogP contribution in [0.4, 0.5) is 5.69 Å². The van der Waals surface area contributed by atoms with Gasteiger partial charge in [-0.15, -0.1) is 0 Å². The van der Waals surface area contributed by atoms with Gasteiger partial charge in [0.25, 0.3) is 5.91 Å². The van der Waals surface area contributed by atoms with E-state index in [1.807, 2.05) is 0 Å². The van der Waals surface area contributed by atoms with Crippen LogP contribution in [0.25, 0.3) is 0 Å². The first-order chi connectivity index (χ1) is 10.0. The highest BCUT2D eigenvalue weighted by atomic mass is 16.3. The summed E-state index contributed by atoms with van der Waals surface area (Å²) in [6, 6.07) is 6.72. The third kappa shape index (κ3) is 4.45. The van der Waals surface area contributed by atoms with Gasteiger partial charge in [-0.05, 0) is 24.3 Å². The second-order valence-electron chi connectivity index (χ2n) is 4.62. The Morgan fingerprint density at radius 1 is 1.24 bits per heavy atom. The van der Waals surface area contributed by atoms with E-state index in [1.165, 1.54) is 6.92 Å². The van der Waals surface area contributed by atoms with Crippen LogP contribution in [0.3, 0.4) is 0 Å². The average Bonchev–Trinajstić information content (AvgIpc) is 2.84. The molecule has 0 aliphatic rings. The molecule has 1 heterocycles. The van der Waals surface area contributed by atoms with E-state index in [-0.39, 0.29) is 11.8 Å². The number of benzene rings is 1. The summed E-state index contributed by atoms with van der Waals surface area (Å²) in [5, 5.41) is 5.46. The van der Waals surface area contributed by atoms with Crippen molar-refractivity contribution >= 4 is 17.5 Å². The standard InChI is InChI=1S/C15H17N3O3/c1-10(19)17-13-5-3-12(4-6-13)15(20)16-8-7-14-9-21-11(2)18-14/h3-6,9H,7-8H2,1-2H3,(H,16,20)(H,17,19). The molecular formula is C15H17N3O3. The molecule has 2 N–H and O–H groups in total. The van der Waals surface area contributed by atoms with E-state index in [2.05, 4.69) is 15.6 Å². The van der Waals surface area contributed by atoms with Crippen molar-refractivity contribution in [2.75, 3.05) is 11.9 Å². The van der Waals surface area contributed by atoms with E-state index in [4.69, 9.17) is 4.42 Å². The number of hydrogen-bond donors (Lipinski definition) is 2. The molecular weight excluding hydrogens is 270 g/mol. The van der Waals surface area contributed by atoms with Crippen molar-refractivity contribution in [1.29, 1.82) is 0 Å². The minimum atomic E-state index is -0.162. The molecule has 0 saturated carbocycles. The number of nitrogens with zero attached hydrogens (tertiary/aromatic N) is 1. The molecule has 1 aromatic carbocycles. The molecule has 2 rings (SSSR count). The summed E-state index contributed by atoms with van der Waals surface area (Å²) in [5.74, 6) is 0.310. The molecule has 21 heavy (non-hydrogen) atoms. The Hall–Kier alpha value is -2.63. The van der Waals surface area contributed by atoms with Crippen molar-refractivity contribution in [3.05, 3.63) is 47.7 Å². The van der Waals surface area contributed by atoms with Crippen LogP contribution in [0.5, 0.6) is 0 Å². The SMILES string of the molecule is CC(=O)Nc1ccc(C(=O)NCCc2coc(C)n2)cc1. The van der Waals surface area contributed by atoms with Gasteiger partial charge in [-0.1, -0.05) is 0 Å². The largest absolute Gasteiger partial charge is 0.449 e. The molecule has 0 saturated heterocycles. The van der Waals surface area contributed by atoms with Gasteiger partial charge in [-0.3, -0.25) is 9.59 Å². The predicted octanol–water partition coefficient (Wildman–Crippen LogP) is 1.91. The van der Waals surface area contributed by atoms with Crippen molar-refractivity contribution < 1.29 is 14.0 Å². The quantitative estimate of drug-likeness (QED) is 0.879. The second-order valence-corrected chi connectivity index (χ2v) is 4.62. The van der Waals surface area contributed by atoms with Gasteiger partial charge in [0.1, 0.15) is 6.26 Å². The first-order valence-corrected chi connectivity index (χ1v) is 6.61. The van der Waals surface area contributed by atoms with E-state index in [0.29, 0.717) is 30.1 Å². The Bertz CT molecular complexity index is 632. The van der Waals surface area contributed by atoms with Crippen LogP contribution in [-0.2, 0) is 11.2 Å². The predicted molar refractivity (Wildman–Crippen MR) is 78.0 cm³/mol. The molecule has 2 amide bonds. The fourth-order valence-electron chi connectivity index (χ4n) is 1.84. The smallest absolute Gasteiger partial charge is 0.251 e. The zero-order chi connectivity index (χ0) is 15.2. The summed E-state index contributed by atoms with van der Waals surface area (Å²) in [6.45, 7) is 3.70. The highest BCUT2D eigenvalue weighted by Gasteiger charge is 2.06. The Labute approximate surface area is 122 Å². The maximum atomic E-state index is 11.9. The Morgan fingerprint density at radius 3 is 2.52 bits per heavy atom. The van der Waals surface area contributed by atoms with Crippen LogP contribution in [-0.4, -0.2) is 23.3 Å². The van der Waals surface area contributed by atoms with Crippen molar-refractivity contribution in [3.8, 4) is 0 Å². The number of hydrogen-bond acceptors (Lipinski definition) is 4. The van der Waals surface area contributed by atoms with Crippen LogP contribution in [0, 0.1) is 6.92 Å². The van der Waals surface area contributed by atoms with Gasteiger partial charge < -0.3 is 15.1 Å². The summed E-state index contributed by atoms with van der Waals surface area (Å²) in [4.78, 5) is 27.0. The molecule has 6 nitrogen and oxygen atoms in total. The topological polar surface area (TPSA) is 84.2 Å². The van der Waals surface area contributed by atoms with Crippen molar-refractivity contribution in [2.45, 2.75) is 20.3 Å². The average molecular weight is 287 g/mol. The zero-order valence-corrected chi connectivity index (χ0v) is 12.0. The lowest BCUT2D eigenvalue weighted by Gasteiger charge is -2.05. The first-order valence-electron chi connectivity index (χ1n) is 6.61. The molecule has 0 radical (unpaired) electrons. The van der Waals surface area contributed by atoms with Crippen LogP contribution in [0.15, 0.2) is 34.9 Å². The molecule has 1 aromatic heterocycles. The molecule has 0 fully saturated rings. The number of amides is 2. The van der Waals surface area contributed by atoms with E-state index >= 15 is 0 Å². The molecule has 2 aromatic rings. The molecule has 0 aliphatic carbocycles. The monoisotopic (exact) mass is 287 g/mol. The number of nitrogens with one attached hydrogen (secondary N) is 2.